The molecule has 1 aliphatic heterocycles. The molecule has 0 aromatic carbocycles. The molecule has 2 heterocycles. The van der Waals surface area contributed by atoms with E-state index in [0.29, 0.717) is 4.99 Å². The Morgan fingerprint density at radius 1 is 1.37 bits per heavy atom. The van der Waals surface area contributed by atoms with Gasteiger partial charge in [0.2, 0.25) is 5.13 Å². The lowest BCUT2D eigenvalue weighted by molar-refractivity contribution is 0.168. The zero-order valence-electron chi connectivity index (χ0n) is 11.7. The summed E-state index contributed by atoms with van der Waals surface area (Å²) in [5.74, 6) is 0.936. The molecule has 0 radical (unpaired) electrons. The molecular weight excluding hydrogens is 278 g/mol. The van der Waals surface area contributed by atoms with Gasteiger partial charge in [0.25, 0.3) is 0 Å². The van der Waals surface area contributed by atoms with Crippen molar-refractivity contribution in [2.75, 3.05) is 31.1 Å². The minimum Gasteiger partial charge on any atom is -0.392 e. The van der Waals surface area contributed by atoms with E-state index in [9.17, 15) is 0 Å². The number of piperazine rings is 1. The summed E-state index contributed by atoms with van der Waals surface area (Å²) in [6.45, 7) is 10.1. The van der Waals surface area contributed by atoms with Gasteiger partial charge < -0.3 is 10.6 Å². The quantitative estimate of drug-likeness (QED) is 0.846. The van der Waals surface area contributed by atoms with Crippen LogP contribution in [0.1, 0.15) is 26.6 Å². The number of thiocarbonyl (C=S) groups is 1. The van der Waals surface area contributed by atoms with Gasteiger partial charge in [-0.2, -0.15) is 4.37 Å². The molecule has 0 spiro atoms. The van der Waals surface area contributed by atoms with E-state index < -0.39 is 0 Å². The van der Waals surface area contributed by atoms with Crippen LogP contribution in [-0.2, 0) is 6.42 Å². The van der Waals surface area contributed by atoms with Crippen molar-refractivity contribution in [1.82, 2.24) is 14.3 Å². The normalized spacial score (nSPS) is 17.7. The minimum atomic E-state index is -0.211. The van der Waals surface area contributed by atoms with Crippen molar-refractivity contribution in [3.8, 4) is 0 Å². The molecule has 0 amide bonds. The predicted molar refractivity (Wildman–Crippen MR) is 83.9 cm³/mol. The summed E-state index contributed by atoms with van der Waals surface area (Å²) >= 11 is 6.65. The lowest BCUT2D eigenvalue weighted by Crippen LogP contribution is -2.59. The van der Waals surface area contributed by atoms with E-state index >= 15 is 0 Å². The van der Waals surface area contributed by atoms with E-state index in [1.807, 2.05) is 0 Å². The summed E-state index contributed by atoms with van der Waals surface area (Å²) < 4.78 is 4.34. The molecule has 1 aliphatic rings. The van der Waals surface area contributed by atoms with Crippen LogP contribution in [0.2, 0.25) is 0 Å². The van der Waals surface area contributed by atoms with Crippen LogP contribution in [0.4, 0.5) is 5.13 Å². The van der Waals surface area contributed by atoms with Crippen LogP contribution < -0.4 is 10.6 Å². The molecule has 0 aliphatic carbocycles. The van der Waals surface area contributed by atoms with Crippen LogP contribution in [0.25, 0.3) is 0 Å². The molecule has 0 bridgehead atoms. The second kappa shape index (κ2) is 5.68. The van der Waals surface area contributed by atoms with Crippen LogP contribution in [0.5, 0.6) is 0 Å². The van der Waals surface area contributed by atoms with Gasteiger partial charge in [-0.3, -0.25) is 4.90 Å². The van der Waals surface area contributed by atoms with Crippen LogP contribution in [0.15, 0.2) is 0 Å². The van der Waals surface area contributed by atoms with Crippen molar-refractivity contribution < 1.29 is 0 Å². The van der Waals surface area contributed by atoms with E-state index in [0.717, 1.165) is 43.6 Å². The number of aryl methyl sites for hydroxylation is 1. The predicted octanol–water partition coefficient (Wildman–Crippen LogP) is 1.29. The highest BCUT2D eigenvalue weighted by molar-refractivity contribution is 7.80. The highest BCUT2D eigenvalue weighted by Gasteiger charge is 2.32. The number of nitrogens with zero attached hydrogens (tertiary/aromatic N) is 4. The Morgan fingerprint density at radius 2 is 2.00 bits per heavy atom. The Morgan fingerprint density at radius 3 is 2.47 bits per heavy atom. The first-order valence-electron chi connectivity index (χ1n) is 6.57. The second-order valence-corrected chi connectivity index (χ2v) is 6.41. The van der Waals surface area contributed by atoms with Crippen LogP contribution in [0, 0.1) is 0 Å². The van der Waals surface area contributed by atoms with Gasteiger partial charge in [0, 0.05) is 44.1 Å². The zero-order valence-corrected chi connectivity index (χ0v) is 13.4. The molecule has 1 saturated heterocycles. The highest BCUT2D eigenvalue weighted by Crippen LogP contribution is 2.22. The van der Waals surface area contributed by atoms with Crippen molar-refractivity contribution in [2.45, 2.75) is 32.7 Å². The summed E-state index contributed by atoms with van der Waals surface area (Å²) in [6.07, 6.45) is 0.894. The molecule has 19 heavy (non-hydrogen) atoms. The van der Waals surface area contributed by atoms with Gasteiger partial charge in [0.1, 0.15) is 5.82 Å². The Labute approximate surface area is 124 Å². The number of anilines is 1. The lowest BCUT2D eigenvalue weighted by atomic mass is 10.0. The number of aromatic nitrogens is 2. The summed E-state index contributed by atoms with van der Waals surface area (Å²) in [4.78, 5) is 9.73. The van der Waals surface area contributed by atoms with Crippen LogP contribution in [0.3, 0.4) is 0 Å². The van der Waals surface area contributed by atoms with E-state index in [4.69, 9.17) is 18.0 Å². The molecule has 1 fully saturated rings. The first-order chi connectivity index (χ1) is 8.95. The van der Waals surface area contributed by atoms with E-state index in [1.54, 1.807) is 0 Å². The molecule has 0 atom stereocenters. The molecule has 5 nitrogen and oxygen atoms in total. The van der Waals surface area contributed by atoms with Crippen LogP contribution in [-0.4, -0.2) is 51.0 Å². The fourth-order valence-corrected chi connectivity index (χ4v) is 3.06. The number of hydrogen-bond acceptors (Lipinski definition) is 6. The molecule has 0 saturated carbocycles. The standard InChI is InChI=1S/C12H21N5S2/c1-4-9-14-11(19-15-9)16-5-7-17(8-6-16)12(2,3)10(13)18/h4-8H2,1-3H3,(H2,13,18). The molecule has 1 aromatic heterocycles. The topological polar surface area (TPSA) is 58.3 Å². The van der Waals surface area contributed by atoms with E-state index in [1.165, 1.54) is 11.5 Å². The molecule has 2 rings (SSSR count). The van der Waals surface area contributed by atoms with Crippen molar-refractivity contribution in [2.24, 2.45) is 5.73 Å². The van der Waals surface area contributed by atoms with Crippen molar-refractivity contribution >= 4 is 33.9 Å². The third kappa shape index (κ3) is 3.04. The van der Waals surface area contributed by atoms with Gasteiger partial charge in [-0.15, -0.1) is 0 Å². The molecule has 1 aromatic rings. The third-order valence-corrected chi connectivity index (χ3v) is 5.03. The average molecular weight is 299 g/mol. The Balaban J connectivity index is 1.97. The summed E-state index contributed by atoms with van der Waals surface area (Å²) in [5, 5.41) is 1.03. The zero-order chi connectivity index (χ0) is 14.0. The van der Waals surface area contributed by atoms with E-state index in [-0.39, 0.29) is 5.54 Å². The summed E-state index contributed by atoms with van der Waals surface area (Å²) in [7, 11) is 0. The summed E-state index contributed by atoms with van der Waals surface area (Å²) in [5.41, 5.74) is 5.61. The Hall–Kier alpha value is -0.790. The molecule has 7 heteroatoms. The minimum absolute atomic E-state index is 0.211. The number of rotatable bonds is 4. The Kier molecular flexibility index (Phi) is 4.37. The lowest BCUT2D eigenvalue weighted by Gasteiger charge is -2.43. The third-order valence-electron chi connectivity index (χ3n) is 3.72. The van der Waals surface area contributed by atoms with Crippen molar-refractivity contribution in [3.05, 3.63) is 5.82 Å². The van der Waals surface area contributed by atoms with Crippen LogP contribution >= 0.6 is 23.8 Å². The van der Waals surface area contributed by atoms with Gasteiger partial charge in [-0.25, -0.2) is 4.98 Å². The van der Waals surface area contributed by atoms with Gasteiger partial charge >= 0.3 is 0 Å². The molecular formula is C12H21N5S2. The maximum absolute atomic E-state index is 5.82. The maximum Gasteiger partial charge on any atom is 0.205 e. The Bertz CT molecular complexity index is 449. The van der Waals surface area contributed by atoms with Gasteiger partial charge in [-0.1, -0.05) is 19.1 Å². The number of hydrogen-bond donors (Lipinski definition) is 1. The molecule has 106 valence electrons. The van der Waals surface area contributed by atoms with Gasteiger partial charge in [0.15, 0.2) is 0 Å². The first-order valence-corrected chi connectivity index (χ1v) is 7.75. The van der Waals surface area contributed by atoms with Gasteiger partial charge in [0.05, 0.1) is 10.5 Å². The highest BCUT2D eigenvalue weighted by atomic mass is 32.1. The largest absolute Gasteiger partial charge is 0.392 e. The maximum atomic E-state index is 5.82. The number of nitrogens with two attached hydrogens (primary N) is 1. The van der Waals surface area contributed by atoms with Gasteiger partial charge in [-0.05, 0) is 13.8 Å². The monoisotopic (exact) mass is 299 g/mol. The SMILES string of the molecule is CCc1nsc(N2CCN(C(C)(C)C(N)=S)CC2)n1. The second-order valence-electron chi connectivity index (χ2n) is 5.24. The fraction of sp³-hybridized carbons (Fsp3) is 0.750. The molecule has 2 N–H and O–H groups in total. The van der Waals surface area contributed by atoms with Crippen molar-refractivity contribution in [3.63, 3.8) is 0 Å². The molecule has 0 unspecified atom stereocenters. The first kappa shape index (κ1) is 14.6. The average Bonchev–Trinajstić information content (AvgIpc) is 2.87. The summed E-state index contributed by atoms with van der Waals surface area (Å²) in [6, 6.07) is 0. The van der Waals surface area contributed by atoms with E-state index in [2.05, 4.69) is 39.9 Å². The smallest absolute Gasteiger partial charge is 0.205 e. The fourth-order valence-electron chi connectivity index (χ4n) is 2.13. The van der Waals surface area contributed by atoms with Crippen molar-refractivity contribution in [1.29, 1.82) is 0 Å².